The number of hydrogen-bond acceptors (Lipinski definition) is 4. The molecular weight excluding hydrogens is 330 g/mol. The largest absolute Gasteiger partial charge is 0.494 e. The molecule has 1 aliphatic rings. The predicted octanol–water partition coefficient (Wildman–Crippen LogP) is 2.85. The Labute approximate surface area is 153 Å². The average molecular weight is 355 g/mol. The quantitative estimate of drug-likeness (QED) is 0.801. The van der Waals surface area contributed by atoms with Gasteiger partial charge in [-0.3, -0.25) is 4.98 Å². The highest BCUT2D eigenvalue weighted by atomic mass is 16.5. The molecule has 1 atom stereocenters. The highest BCUT2D eigenvalue weighted by Crippen LogP contribution is 2.35. The first kappa shape index (κ1) is 18.0. The molecule has 2 N–H and O–H groups in total. The number of rotatable bonds is 7. The number of carbonyl (C=O) groups is 1. The predicted molar refractivity (Wildman–Crippen MR) is 99.6 cm³/mol. The van der Waals surface area contributed by atoms with E-state index in [1.807, 2.05) is 44.2 Å². The van der Waals surface area contributed by atoms with Crippen molar-refractivity contribution < 1.29 is 14.3 Å². The molecule has 2 amide bonds. The van der Waals surface area contributed by atoms with Crippen LogP contribution in [-0.4, -0.2) is 30.3 Å². The molecule has 1 aliphatic heterocycles. The summed E-state index contributed by atoms with van der Waals surface area (Å²) in [7, 11) is 0. The second-order valence-corrected chi connectivity index (χ2v) is 6.31. The van der Waals surface area contributed by atoms with Crippen molar-refractivity contribution in [1.29, 1.82) is 0 Å². The number of ether oxygens (including phenoxy) is 2. The fourth-order valence-electron chi connectivity index (χ4n) is 3.00. The lowest BCUT2D eigenvalue weighted by molar-refractivity contribution is 0.240. The van der Waals surface area contributed by atoms with Crippen LogP contribution in [-0.2, 0) is 19.4 Å². The van der Waals surface area contributed by atoms with Gasteiger partial charge in [0.1, 0.15) is 17.6 Å². The van der Waals surface area contributed by atoms with Crippen molar-refractivity contribution >= 4 is 6.03 Å². The van der Waals surface area contributed by atoms with Crippen molar-refractivity contribution in [3.05, 3.63) is 53.3 Å². The molecule has 2 heterocycles. The van der Waals surface area contributed by atoms with E-state index in [1.165, 1.54) is 0 Å². The minimum Gasteiger partial charge on any atom is -0.494 e. The van der Waals surface area contributed by atoms with Crippen LogP contribution in [0.25, 0.3) is 0 Å². The summed E-state index contributed by atoms with van der Waals surface area (Å²) in [5.41, 5.74) is 3.03. The number of nitrogens with zero attached hydrogens (tertiary/aromatic N) is 1. The molecule has 1 unspecified atom stereocenters. The lowest BCUT2D eigenvalue weighted by Gasteiger charge is -2.14. The van der Waals surface area contributed by atoms with Crippen molar-refractivity contribution in [2.24, 2.45) is 0 Å². The zero-order valence-electron chi connectivity index (χ0n) is 15.2. The van der Waals surface area contributed by atoms with Gasteiger partial charge < -0.3 is 20.1 Å². The lowest BCUT2D eigenvalue weighted by Crippen LogP contribution is -2.36. The molecular formula is C20H25N3O3. The Morgan fingerprint density at radius 3 is 3.00 bits per heavy atom. The van der Waals surface area contributed by atoms with Crippen molar-refractivity contribution in [3.8, 4) is 11.5 Å². The third kappa shape index (κ3) is 4.65. The molecule has 6 nitrogen and oxygen atoms in total. The van der Waals surface area contributed by atoms with Gasteiger partial charge in [0.15, 0.2) is 0 Å². The van der Waals surface area contributed by atoms with E-state index in [9.17, 15) is 4.79 Å². The summed E-state index contributed by atoms with van der Waals surface area (Å²) >= 11 is 0. The summed E-state index contributed by atoms with van der Waals surface area (Å²) in [6, 6.07) is 9.54. The molecule has 0 bridgehead atoms. The van der Waals surface area contributed by atoms with Crippen molar-refractivity contribution in [2.75, 3.05) is 13.2 Å². The van der Waals surface area contributed by atoms with E-state index in [4.69, 9.17) is 9.47 Å². The molecule has 26 heavy (non-hydrogen) atoms. The van der Waals surface area contributed by atoms with E-state index in [0.29, 0.717) is 26.1 Å². The molecule has 0 saturated heterocycles. The van der Waals surface area contributed by atoms with Gasteiger partial charge in [0, 0.05) is 48.9 Å². The summed E-state index contributed by atoms with van der Waals surface area (Å²) < 4.78 is 11.5. The van der Waals surface area contributed by atoms with Gasteiger partial charge in [-0.2, -0.15) is 0 Å². The van der Waals surface area contributed by atoms with Crippen molar-refractivity contribution in [1.82, 2.24) is 15.6 Å². The number of aromatic nitrogens is 1. The monoisotopic (exact) mass is 355 g/mol. The highest BCUT2D eigenvalue weighted by molar-refractivity contribution is 5.74. The highest BCUT2D eigenvalue weighted by Gasteiger charge is 2.22. The minimum absolute atomic E-state index is 0.178. The molecule has 2 aromatic rings. The maximum atomic E-state index is 12.0. The Kier molecular flexibility index (Phi) is 5.94. The maximum Gasteiger partial charge on any atom is 0.315 e. The summed E-state index contributed by atoms with van der Waals surface area (Å²) in [6.45, 7) is 5.50. The van der Waals surface area contributed by atoms with E-state index in [-0.39, 0.29) is 12.1 Å². The maximum absolute atomic E-state index is 12.0. The zero-order valence-corrected chi connectivity index (χ0v) is 15.2. The van der Waals surface area contributed by atoms with E-state index < -0.39 is 0 Å². The molecule has 0 fully saturated rings. The molecule has 1 aromatic heterocycles. The topological polar surface area (TPSA) is 72.5 Å². The normalized spacial score (nSPS) is 15.1. The van der Waals surface area contributed by atoms with E-state index >= 15 is 0 Å². The first-order chi connectivity index (χ1) is 12.7. The second kappa shape index (κ2) is 8.56. The van der Waals surface area contributed by atoms with Crippen LogP contribution in [0.4, 0.5) is 4.79 Å². The van der Waals surface area contributed by atoms with Crippen LogP contribution >= 0.6 is 0 Å². The van der Waals surface area contributed by atoms with Gasteiger partial charge in [0.2, 0.25) is 0 Å². The fourth-order valence-corrected chi connectivity index (χ4v) is 3.00. The van der Waals surface area contributed by atoms with Crippen molar-refractivity contribution in [2.45, 2.75) is 39.3 Å². The molecule has 138 valence electrons. The van der Waals surface area contributed by atoms with E-state index in [1.54, 1.807) is 6.20 Å². The standard InChI is InChI=1S/C20H25N3O3/c1-3-25-18-11-15-10-14(2)26-19(15)12-16(18)13-23-20(24)22-9-7-17-6-4-5-8-21-17/h4-6,8,11-12,14H,3,7,9-10,13H2,1-2H3,(H2,22,23,24). The Hall–Kier alpha value is -2.76. The fraction of sp³-hybridized carbons (Fsp3) is 0.400. The van der Waals surface area contributed by atoms with Gasteiger partial charge in [-0.1, -0.05) is 6.07 Å². The third-order valence-corrected chi connectivity index (χ3v) is 4.21. The lowest BCUT2D eigenvalue weighted by atomic mass is 10.1. The molecule has 0 spiro atoms. The van der Waals surface area contributed by atoms with E-state index in [0.717, 1.165) is 34.7 Å². The Bertz CT molecular complexity index is 749. The second-order valence-electron chi connectivity index (χ2n) is 6.31. The van der Waals surface area contributed by atoms with Gasteiger partial charge in [0.05, 0.1) is 6.61 Å². The van der Waals surface area contributed by atoms with Gasteiger partial charge in [-0.15, -0.1) is 0 Å². The number of fused-ring (bicyclic) bond motifs is 1. The number of pyridine rings is 1. The number of benzene rings is 1. The number of nitrogens with one attached hydrogen (secondary N) is 2. The van der Waals surface area contributed by atoms with Gasteiger partial charge in [-0.05, 0) is 38.1 Å². The van der Waals surface area contributed by atoms with Gasteiger partial charge in [0.25, 0.3) is 0 Å². The molecule has 6 heteroatoms. The molecule has 0 aliphatic carbocycles. The Morgan fingerprint density at radius 2 is 2.23 bits per heavy atom. The summed E-state index contributed by atoms with van der Waals surface area (Å²) in [4.78, 5) is 16.3. The van der Waals surface area contributed by atoms with Crippen LogP contribution in [0.15, 0.2) is 36.5 Å². The summed E-state index contributed by atoms with van der Waals surface area (Å²) in [6.07, 6.45) is 3.51. The average Bonchev–Trinajstić information content (AvgIpc) is 3.00. The molecule has 1 aromatic carbocycles. The summed E-state index contributed by atoms with van der Waals surface area (Å²) in [5.74, 6) is 1.69. The van der Waals surface area contributed by atoms with E-state index in [2.05, 4.69) is 15.6 Å². The number of carbonyl (C=O) groups excluding carboxylic acids is 1. The van der Waals surface area contributed by atoms with Crippen LogP contribution in [0.1, 0.15) is 30.7 Å². The molecule has 0 radical (unpaired) electrons. The summed E-state index contributed by atoms with van der Waals surface area (Å²) in [5, 5.41) is 5.73. The Balaban J connectivity index is 1.53. The van der Waals surface area contributed by atoms with Crippen LogP contribution in [0.2, 0.25) is 0 Å². The SMILES string of the molecule is CCOc1cc2c(cc1CNC(=O)NCCc1ccccn1)OC(C)C2. The third-order valence-electron chi connectivity index (χ3n) is 4.21. The smallest absolute Gasteiger partial charge is 0.315 e. The number of urea groups is 1. The van der Waals surface area contributed by atoms with Crippen LogP contribution in [0.3, 0.4) is 0 Å². The van der Waals surface area contributed by atoms with Crippen LogP contribution in [0, 0.1) is 0 Å². The first-order valence-electron chi connectivity index (χ1n) is 9.02. The van der Waals surface area contributed by atoms with Crippen LogP contribution < -0.4 is 20.1 Å². The first-order valence-corrected chi connectivity index (χ1v) is 9.02. The minimum atomic E-state index is -0.210. The van der Waals surface area contributed by atoms with Crippen LogP contribution in [0.5, 0.6) is 11.5 Å². The number of amides is 2. The molecule has 3 rings (SSSR count). The number of hydrogen-bond donors (Lipinski definition) is 2. The van der Waals surface area contributed by atoms with Crippen molar-refractivity contribution in [3.63, 3.8) is 0 Å². The van der Waals surface area contributed by atoms with Gasteiger partial charge >= 0.3 is 6.03 Å². The Morgan fingerprint density at radius 1 is 1.35 bits per heavy atom. The zero-order chi connectivity index (χ0) is 18.4. The van der Waals surface area contributed by atoms with Gasteiger partial charge in [-0.25, -0.2) is 4.79 Å². The molecule has 0 saturated carbocycles.